The molecule has 0 spiro atoms. The van der Waals surface area contributed by atoms with E-state index in [1.165, 1.54) is 18.4 Å². The summed E-state index contributed by atoms with van der Waals surface area (Å²) in [5, 5.41) is 2.85. The van der Waals surface area contributed by atoms with Crippen LogP contribution < -0.4 is 10.5 Å². The van der Waals surface area contributed by atoms with Gasteiger partial charge in [0.05, 0.1) is 18.4 Å². The van der Waals surface area contributed by atoms with Gasteiger partial charge in [0.2, 0.25) is 0 Å². The van der Waals surface area contributed by atoms with Gasteiger partial charge in [-0.2, -0.15) is 0 Å². The number of nitrogens with two attached hydrogens (primary N) is 1. The average molecular weight is 349 g/mol. The van der Waals surface area contributed by atoms with Crippen molar-refractivity contribution in [2.75, 3.05) is 12.8 Å². The Morgan fingerprint density at radius 1 is 1.30 bits per heavy atom. The van der Waals surface area contributed by atoms with Crippen molar-refractivity contribution in [3.8, 4) is 16.9 Å². The number of methoxy groups -OCH3 is 1. The molecule has 0 saturated carbocycles. The van der Waals surface area contributed by atoms with Crippen LogP contribution in [-0.4, -0.2) is 12.1 Å². The highest BCUT2D eigenvalue weighted by Crippen LogP contribution is 2.36. The van der Waals surface area contributed by atoms with E-state index in [0.717, 1.165) is 5.69 Å². The first kappa shape index (κ1) is 15.8. The monoisotopic (exact) mass is 348 g/mol. The van der Waals surface area contributed by atoms with Gasteiger partial charge in [0, 0.05) is 16.8 Å². The SMILES string of the molecule is COc1ccc(Cc2csc(N)n2)c(F)c1-c1cccc(Cl)c1. The highest BCUT2D eigenvalue weighted by Gasteiger charge is 2.17. The summed E-state index contributed by atoms with van der Waals surface area (Å²) < 4.78 is 20.4. The molecule has 0 aliphatic rings. The Kier molecular flexibility index (Phi) is 4.50. The van der Waals surface area contributed by atoms with Crippen LogP contribution in [0.1, 0.15) is 11.3 Å². The molecule has 6 heteroatoms. The summed E-state index contributed by atoms with van der Waals surface area (Å²) in [7, 11) is 1.52. The summed E-state index contributed by atoms with van der Waals surface area (Å²) in [6.07, 6.45) is 0.372. The summed E-state index contributed by atoms with van der Waals surface area (Å²) >= 11 is 7.37. The van der Waals surface area contributed by atoms with Crippen molar-refractivity contribution >= 4 is 28.1 Å². The molecule has 2 aromatic carbocycles. The maximum absolute atomic E-state index is 15.1. The zero-order valence-electron chi connectivity index (χ0n) is 12.3. The zero-order valence-corrected chi connectivity index (χ0v) is 13.9. The number of anilines is 1. The second-order valence-corrected chi connectivity index (χ2v) is 6.31. The number of hydrogen-bond donors (Lipinski definition) is 1. The molecule has 0 atom stereocenters. The van der Waals surface area contributed by atoms with Crippen LogP contribution >= 0.6 is 22.9 Å². The van der Waals surface area contributed by atoms with Crippen LogP contribution in [0.25, 0.3) is 11.1 Å². The van der Waals surface area contributed by atoms with Crippen LogP contribution in [0.4, 0.5) is 9.52 Å². The van der Waals surface area contributed by atoms with E-state index >= 15 is 4.39 Å². The molecule has 0 aliphatic heterocycles. The van der Waals surface area contributed by atoms with Gasteiger partial charge in [0.1, 0.15) is 11.6 Å². The number of thiazole rings is 1. The van der Waals surface area contributed by atoms with Crippen LogP contribution in [0, 0.1) is 5.82 Å². The van der Waals surface area contributed by atoms with Gasteiger partial charge in [0.25, 0.3) is 0 Å². The maximum Gasteiger partial charge on any atom is 0.180 e. The Balaban J connectivity index is 2.08. The first-order chi connectivity index (χ1) is 11.1. The van der Waals surface area contributed by atoms with Crippen LogP contribution in [0.3, 0.4) is 0 Å². The molecule has 0 radical (unpaired) electrons. The molecule has 3 aromatic rings. The van der Waals surface area contributed by atoms with E-state index in [9.17, 15) is 0 Å². The Bertz CT molecular complexity index is 850. The van der Waals surface area contributed by atoms with Gasteiger partial charge in [0.15, 0.2) is 5.13 Å². The summed E-state index contributed by atoms with van der Waals surface area (Å²) in [6, 6.07) is 10.5. The quantitative estimate of drug-likeness (QED) is 0.737. The van der Waals surface area contributed by atoms with Crippen molar-refractivity contribution in [3.63, 3.8) is 0 Å². The van der Waals surface area contributed by atoms with E-state index in [4.69, 9.17) is 22.1 Å². The largest absolute Gasteiger partial charge is 0.496 e. The number of benzene rings is 2. The highest BCUT2D eigenvalue weighted by molar-refractivity contribution is 7.13. The molecule has 0 bridgehead atoms. The molecule has 3 nitrogen and oxygen atoms in total. The number of nitrogen functional groups attached to an aromatic ring is 1. The second kappa shape index (κ2) is 6.56. The van der Waals surface area contributed by atoms with Crippen molar-refractivity contribution in [3.05, 3.63) is 63.9 Å². The molecule has 0 unspecified atom stereocenters. The Morgan fingerprint density at radius 2 is 2.13 bits per heavy atom. The lowest BCUT2D eigenvalue weighted by atomic mass is 9.99. The van der Waals surface area contributed by atoms with E-state index < -0.39 is 0 Å². The number of aromatic nitrogens is 1. The lowest BCUT2D eigenvalue weighted by Crippen LogP contribution is -1.99. The third-order valence-electron chi connectivity index (χ3n) is 3.46. The fourth-order valence-corrected chi connectivity index (χ4v) is 3.17. The predicted octanol–water partition coefficient (Wildman–Crippen LogP) is 4.78. The van der Waals surface area contributed by atoms with Gasteiger partial charge >= 0.3 is 0 Å². The zero-order chi connectivity index (χ0) is 16.4. The summed E-state index contributed by atoms with van der Waals surface area (Å²) in [4.78, 5) is 4.18. The fourth-order valence-electron chi connectivity index (χ4n) is 2.42. The molecular weight excluding hydrogens is 335 g/mol. The molecule has 2 N–H and O–H groups in total. The second-order valence-electron chi connectivity index (χ2n) is 4.98. The minimum absolute atomic E-state index is 0.335. The molecule has 0 saturated heterocycles. The Morgan fingerprint density at radius 3 is 2.78 bits per heavy atom. The Hall–Kier alpha value is -2.11. The van der Waals surface area contributed by atoms with Crippen molar-refractivity contribution in [1.29, 1.82) is 0 Å². The van der Waals surface area contributed by atoms with Crippen LogP contribution in [0.5, 0.6) is 5.75 Å². The number of ether oxygens (including phenoxy) is 1. The van der Waals surface area contributed by atoms with Gasteiger partial charge in [-0.1, -0.05) is 29.8 Å². The fraction of sp³-hybridized carbons (Fsp3) is 0.118. The number of halogens is 2. The minimum atomic E-state index is -0.335. The average Bonchev–Trinajstić information content (AvgIpc) is 2.94. The smallest absolute Gasteiger partial charge is 0.180 e. The molecule has 0 aliphatic carbocycles. The van der Waals surface area contributed by atoms with E-state index in [1.807, 2.05) is 5.38 Å². The number of hydrogen-bond acceptors (Lipinski definition) is 4. The third-order valence-corrected chi connectivity index (χ3v) is 4.42. The number of nitrogens with zero attached hydrogens (tertiary/aromatic N) is 1. The Labute approximate surface area is 142 Å². The van der Waals surface area contributed by atoms with Crippen molar-refractivity contribution in [1.82, 2.24) is 4.98 Å². The normalized spacial score (nSPS) is 10.7. The topological polar surface area (TPSA) is 48.1 Å². The standard InChI is InChI=1S/C17H14ClFN2OS/c1-22-14-6-5-11(8-13-9-23-17(20)21-13)16(19)15(14)10-3-2-4-12(18)7-10/h2-7,9H,8H2,1H3,(H2,20,21). The van der Waals surface area contributed by atoms with E-state index in [1.54, 1.807) is 36.4 Å². The van der Waals surface area contributed by atoms with Crippen molar-refractivity contribution in [2.24, 2.45) is 0 Å². The molecule has 0 fully saturated rings. The van der Waals surface area contributed by atoms with Gasteiger partial charge in [-0.3, -0.25) is 0 Å². The van der Waals surface area contributed by atoms with Gasteiger partial charge in [-0.15, -0.1) is 11.3 Å². The van der Waals surface area contributed by atoms with Crippen LogP contribution in [-0.2, 0) is 6.42 Å². The predicted molar refractivity (Wildman–Crippen MR) is 92.7 cm³/mol. The summed E-state index contributed by atoms with van der Waals surface area (Å²) in [6.45, 7) is 0. The van der Waals surface area contributed by atoms with Crippen LogP contribution in [0.15, 0.2) is 41.8 Å². The third kappa shape index (κ3) is 3.30. The molecule has 118 valence electrons. The molecule has 23 heavy (non-hydrogen) atoms. The van der Waals surface area contributed by atoms with Crippen molar-refractivity contribution < 1.29 is 9.13 Å². The highest BCUT2D eigenvalue weighted by atomic mass is 35.5. The van der Waals surface area contributed by atoms with Gasteiger partial charge in [-0.25, -0.2) is 9.37 Å². The van der Waals surface area contributed by atoms with Gasteiger partial charge < -0.3 is 10.5 Å². The molecule has 0 amide bonds. The van der Waals surface area contributed by atoms with E-state index in [-0.39, 0.29) is 5.82 Å². The lowest BCUT2D eigenvalue weighted by molar-refractivity contribution is 0.413. The lowest BCUT2D eigenvalue weighted by Gasteiger charge is -2.13. The number of rotatable bonds is 4. The molecular formula is C17H14ClFN2OS. The summed E-state index contributed by atoms with van der Waals surface area (Å²) in [5.74, 6) is 0.129. The minimum Gasteiger partial charge on any atom is -0.496 e. The molecule has 1 heterocycles. The van der Waals surface area contributed by atoms with E-state index in [2.05, 4.69) is 4.98 Å². The summed E-state index contributed by atoms with van der Waals surface area (Å²) in [5.41, 5.74) is 7.98. The van der Waals surface area contributed by atoms with Gasteiger partial charge in [-0.05, 0) is 29.3 Å². The molecule has 3 rings (SSSR count). The first-order valence-electron chi connectivity index (χ1n) is 6.89. The maximum atomic E-state index is 15.1. The first-order valence-corrected chi connectivity index (χ1v) is 8.15. The molecule has 1 aromatic heterocycles. The van der Waals surface area contributed by atoms with E-state index in [0.29, 0.717) is 39.0 Å². The van der Waals surface area contributed by atoms with Crippen LogP contribution in [0.2, 0.25) is 5.02 Å². The van der Waals surface area contributed by atoms with Crippen molar-refractivity contribution in [2.45, 2.75) is 6.42 Å².